The Morgan fingerprint density at radius 2 is 2.00 bits per heavy atom. The molecular weight excluding hydrogens is 419 g/mol. The number of aromatic amines is 1. The summed E-state index contributed by atoms with van der Waals surface area (Å²) < 4.78 is 42.9. The molecule has 2 aromatic heterocycles. The monoisotopic (exact) mass is 441 g/mol. The van der Waals surface area contributed by atoms with Gasteiger partial charge < -0.3 is 16.0 Å². The number of carbonyl (C=O) groups excluding carboxylic acids is 1. The van der Waals surface area contributed by atoms with E-state index in [-0.39, 0.29) is 45.4 Å². The van der Waals surface area contributed by atoms with E-state index >= 15 is 0 Å². The van der Waals surface area contributed by atoms with Gasteiger partial charge in [0.05, 0.1) is 16.8 Å². The first-order valence-electron chi connectivity index (χ1n) is 10.3. The van der Waals surface area contributed by atoms with E-state index in [0.717, 1.165) is 43.9 Å². The van der Waals surface area contributed by atoms with E-state index in [0.29, 0.717) is 0 Å². The Balaban J connectivity index is 1.81. The zero-order valence-corrected chi connectivity index (χ0v) is 17.4. The summed E-state index contributed by atoms with van der Waals surface area (Å²) >= 11 is 0. The lowest BCUT2D eigenvalue weighted by atomic mass is 9.79. The van der Waals surface area contributed by atoms with Gasteiger partial charge >= 0.3 is 0 Å². The number of nitrogens with two attached hydrogens (primary N) is 1. The van der Waals surface area contributed by atoms with Gasteiger partial charge in [-0.1, -0.05) is 19.8 Å². The van der Waals surface area contributed by atoms with Crippen LogP contribution in [0, 0.1) is 34.2 Å². The molecule has 32 heavy (non-hydrogen) atoms. The number of halogens is 3. The maximum absolute atomic E-state index is 14.9. The second kappa shape index (κ2) is 8.19. The fourth-order valence-corrected chi connectivity index (χ4v) is 4.60. The molecule has 6 nitrogen and oxygen atoms in total. The van der Waals surface area contributed by atoms with E-state index in [2.05, 4.69) is 15.3 Å². The molecule has 1 atom stereocenters. The van der Waals surface area contributed by atoms with Crippen LogP contribution in [0.2, 0.25) is 0 Å². The van der Waals surface area contributed by atoms with Crippen molar-refractivity contribution in [3.63, 3.8) is 0 Å². The number of fused-ring (bicyclic) bond motifs is 1. The van der Waals surface area contributed by atoms with Crippen molar-refractivity contribution in [1.82, 2.24) is 9.97 Å². The molecule has 1 fully saturated rings. The summed E-state index contributed by atoms with van der Waals surface area (Å²) in [5.41, 5.74) is 5.47. The summed E-state index contributed by atoms with van der Waals surface area (Å²) in [7, 11) is 0. The Kier molecular flexibility index (Phi) is 5.55. The largest absolute Gasteiger partial charge is 0.370 e. The number of anilines is 1. The average Bonchev–Trinajstić information content (AvgIpc) is 3.35. The summed E-state index contributed by atoms with van der Waals surface area (Å²) in [5, 5.41) is 12.7. The van der Waals surface area contributed by atoms with Crippen molar-refractivity contribution in [1.29, 1.82) is 5.26 Å². The van der Waals surface area contributed by atoms with Crippen molar-refractivity contribution in [2.45, 2.75) is 45.1 Å². The first-order chi connectivity index (χ1) is 15.2. The maximum Gasteiger partial charge on any atom is 0.219 e. The molecule has 1 aromatic carbocycles. The minimum atomic E-state index is -0.791. The highest BCUT2D eigenvalue weighted by Crippen LogP contribution is 2.43. The molecule has 1 unspecified atom stereocenters. The number of aromatic nitrogens is 2. The number of carbonyl (C=O) groups is 1. The summed E-state index contributed by atoms with van der Waals surface area (Å²) in [5.74, 6) is -3.01. The summed E-state index contributed by atoms with van der Waals surface area (Å²) in [4.78, 5) is 18.7. The van der Waals surface area contributed by atoms with Crippen LogP contribution in [0.5, 0.6) is 0 Å². The number of H-pyrrole nitrogens is 1. The van der Waals surface area contributed by atoms with Crippen molar-refractivity contribution >= 4 is 22.6 Å². The van der Waals surface area contributed by atoms with Gasteiger partial charge in [-0.25, -0.2) is 18.2 Å². The molecule has 1 aliphatic rings. The molecule has 0 aliphatic heterocycles. The number of hydrogen-bond donors (Lipinski definition) is 3. The van der Waals surface area contributed by atoms with Crippen LogP contribution in [-0.4, -0.2) is 21.9 Å². The minimum absolute atomic E-state index is 0.00351. The van der Waals surface area contributed by atoms with Crippen molar-refractivity contribution in [2.75, 3.05) is 5.32 Å². The Morgan fingerprint density at radius 3 is 2.66 bits per heavy atom. The molecule has 2 heterocycles. The molecular formula is C23H22F3N5O. The topological polar surface area (TPSA) is 108 Å². The lowest BCUT2D eigenvalue weighted by Crippen LogP contribution is -2.40. The smallest absolute Gasteiger partial charge is 0.219 e. The highest BCUT2D eigenvalue weighted by Gasteiger charge is 2.38. The van der Waals surface area contributed by atoms with Gasteiger partial charge in [0.1, 0.15) is 17.7 Å². The summed E-state index contributed by atoms with van der Waals surface area (Å²) in [6.45, 7) is 2.02. The molecule has 1 amide bonds. The molecule has 1 aliphatic carbocycles. The van der Waals surface area contributed by atoms with Crippen LogP contribution in [0.3, 0.4) is 0 Å². The van der Waals surface area contributed by atoms with Gasteiger partial charge in [-0.2, -0.15) is 5.26 Å². The molecule has 0 spiro atoms. The van der Waals surface area contributed by atoms with E-state index in [1.807, 2.05) is 13.0 Å². The van der Waals surface area contributed by atoms with Crippen LogP contribution < -0.4 is 11.1 Å². The Hall–Kier alpha value is -3.54. The molecule has 166 valence electrons. The van der Waals surface area contributed by atoms with Crippen LogP contribution in [0.25, 0.3) is 22.2 Å². The number of pyridine rings is 1. The number of benzene rings is 1. The SMILES string of the molecule is CC1(C(CC(N)=O)Nc2nc(-c3c[nH]c4c(F)cc(F)cc34)c(C#N)cc2F)CCCC1. The van der Waals surface area contributed by atoms with Gasteiger partial charge in [-0.3, -0.25) is 4.79 Å². The fraction of sp³-hybridized carbons (Fsp3) is 0.348. The number of rotatable bonds is 6. The van der Waals surface area contributed by atoms with Crippen molar-refractivity contribution in [3.05, 3.63) is 47.4 Å². The van der Waals surface area contributed by atoms with Crippen LogP contribution in [0.1, 0.15) is 44.6 Å². The lowest BCUT2D eigenvalue weighted by molar-refractivity contribution is -0.118. The Labute approximate surface area is 182 Å². The van der Waals surface area contributed by atoms with Gasteiger partial charge in [0, 0.05) is 35.7 Å². The van der Waals surface area contributed by atoms with E-state index in [9.17, 15) is 23.2 Å². The fourth-order valence-electron chi connectivity index (χ4n) is 4.60. The van der Waals surface area contributed by atoms with Crippen LogP contribution in [0.15, 0.2) is 24.4 Å². The van der Waals surface area contributed by atoms with Crippen molar-refractivity contribution < 1.29 is 18.0 Å². The number of nitriles is 1. The maximum atomic E-state index is 14.9. The van der Waals surface area contributed by atoms with E-state index < -0.39 is 29.4 Å². The number of amides is 1. The van der Waals surface area contributed by atoms with Gasteiger partial charge in [0.15, 0.2) is 11.6 Å². The highest BCUT2D eigenvalue weighted by molar-refractivity contribution is 5.96. The first kappa shape index (κ1) is 21.7. The normalized spacial score (nSPS) is 16.1. The molecule has 4 N–H and O–H groups in total. The number of nitrogens with one attached hydrogen (secondary N) is 2. The van der Waals surface area contributed by atoms with Gasteiger partial charge in [-0.15, -0.1) is 0 Å². The molecule has 4 rings (SSSR count). The quantitative estimate of drug-likeness (QED) is 0.513. The zero-order valence-electron chi connectivity index (χ0n) is 17.4. The predicted molar refractivity (Wildman–Crippen MR) is 114 cm³/mol. The van der Waals surface area contributed by atoms with Crippen molar-refractivity contribution in [3.8, 4) is 17.3 Å². The lowest BCUT2D eigenvalue weighted by Gasteiger charge is -2.34. The number of hydrogen-bond acceptors (Lipinski definition) is 4. The number of primary amides is 1. The second-order valence-electron chi connectivity index (χ2n) is 8.57. The molecule has 3 aromatic rings. The second-order valence-corrected chi connectivity index (χ2v) is 8.57. The predicted octanol–water partition coefficient (Wildman–Crippen LogP) is 4.76. The molecule has 0 saturated heterocycles. The molecule has 0 bridgehead atoms. The first-order valence-corrected chi connectivity index (χ1v) is 10.3. The van der Waals surface area contributed by atoms with Crippen molar-refractivity contribution in [2.24, 2.45) is 11.1 Å². The van der Waals surface area contributed by atoms with Gasteiger partial charge in [0.2, 0.25) is 5.91 Å². The average molecular weight is 441 g/mol. The van der Waals surface area contributed by atoms with E-state index in [1.165, 1.54) is 6.20 Å². The molecule has 9 heteroatoms. The third-order valence-electron chi connectivity index (χ3n) is 6.36. The molecule has 1 saturated carbocycles. The highest BCUT2D eigenvalue weighted by atomic mass is 19.1. The third-order valence-corrected chi connectivity index (χ3v) is 6.36. The standard InChI is InChI=1S/C23H22F3N5O/c1-23(4-2-3-5-23)18(9-19(28)32)30-22-17(26)6-12(10-27)20(31-22)15-11-29-21-14(15)7-13(24)8-16(21)25/h6-8,11,18,29H,2-5,9H2,1H3,(H2,28,32)(H,30,31). The third kappa shape index (κ3) is 3.88. The van der Waals surface area contributed by atoms with E-state index in [4.69, 9.17) is 5.73 Å². The van der Waals surface area contributed by atoms with E-state index in [1.54, 1.807) is 0 Å². The van der Waals surface area contributed by atoms with Crippen LogP contribution >= 0.6 is 0 Å². The van der Waals surface area contributed by atoms with Gasteiger partial charge in [-0.05, 0) is 30.4 Å². The molecule has 0 radical (unpaired) electrons. The number of nitrogens with zero attached hydrogens (tertiary/aromatic N) is 2. The van der Waals surface area contributed by atoms with Gasteiger partial charge in [0.25, 0.3) is 0 Å². The summed E-state index contributed by atoms with van der Waals surface area (Å²) in [6.07, 6.45) is 5.09. The minimum Gasteiger partial charge on any atom is -0.370 e. The zero-order chi connectivity index (χ0) is 23.0. The van der Waals surface area contributed by atoms with Crippen LogP contribution in [0.4, 0.5) is 19.0 Å². The Morgan fingerprint density at radius 1 is 1.28 bits per heavy atom. The Bertz CT molecular complexity index is 1240. The summed E-state index contributed by atoms with van der Waals surface area (Å²) in [6, 6.07) is 4.33. The van der Waals surface area contributed by atoms with Crippen LogP contribution in [-0.2, 0) is 4.79 Å².